The summed E-state index contributed by atoms with van der Waals surface area (Å²) in [6.45, 7) is 2.07. The lowest BCUT2D eigenvalue weighted by Gasteiger charge is -2.26. The summed E-state index contributed by atoms with van der Waals surface area (Å²) in [6.07, 6.45) is 2.20. The maximum atomic E-state index is 12.1. The molecule has 1 aliphatic heterocycles. The fraction of sp³-hybridized carbons (Fsp3) is 0.200. The standard InChI is InChI=1S/C15H13BrN2O2/c1-2-9-3-5-12(17-8-9)15-18-14(19)11-7-10(16)4-6-13(11)20-15/h3-8,15H,2H2,1H3,(H,18,19). The number of amides is 1. The number of hydrogen-bond donors (Lipinski definition) is 1. The molecule has 1 atom stereocenters. The molecule has 1 aromatic heterocycles. The second-order valence-corrected chi connectivity index (χ2v) is 5.47. The summed E-state index contributed by atoms with van der Waals surface area (Å²) in [4.78, 5) is 16.5. The molecule has 1 N–H and O–H groups in total. The molecule has 5 heteroatoms. The van der Waals surface area contributed by atoms with Gasteiger partial charge in [-0.25, -0.2) is 0 Å². The molecular weight excluding hydrogens is 320 g/mol. The van der Waals surface area contributed by atoms with Gasteiger partial charge in [0.25, 0.3) is 5.91 Å². The van der Waals surface area contributed by atoms with E-state index in [1.165, 1.54) is 0 Å². The number of carbonyl (C=O) groups excluding carboxylic acids is 1. The molecule has 20 heavy (non-hydrogen) atoms. The number of pyridine rings is 1. The van der Waals surface area contributed by atoms with Gasteiger partial charge >= 0.3 is 0 Å². The van der Waals surface area contributed by atoms with Crippen LogP contribution < -0.4 is 10.1 Å². The number of halogens is 1. The van der Waals surface area contributed by atoms with Crippen LogP contribution in [0, 0.1) is 0 Å². The number of nitrogens with one attached hydrogen (secondary N) is 1. The average molecular weight is 333 g/mol. The number of benzene rings is 1. The smallest absolute Gasteiger partial charge is 0.258 e. The van der Waals surface area contributed by atoms with Crippen LogP contribution in [-0.2, 0) is 6.42 Å². The zero-order valence-corrected chi connectivity index (χ0v) is 12.5. The molecule has 0 spiro atoms. The highest BCUT2D eigenvalue weighted by molar-refractivity contribution is 9.10. The molecule has 1 amide bonds. The number of aryl methyl sites for hydroxylation is 1. The predicted molar refractivity (Wildman–Crippen MR) is 78.6 cm³/mol. The predicted octanol–water partition coefficient (Wildman–Crippen LogP) is 3.23. The van der Waals surface area contributed by atoms with Crippen molar-refractivity contribution in [3.8, 4) is 5.75 Å². The van der Waals surface area contributed by atoms with E-state index in [2.05, 4.69) is 33.2 Å². The Morgan fingerprint density at radius 1 is 1.35 bits per heavy atom. The van der Waals surface area contributed by atoms with Gasteiger partial charge in [-0.2, -0.15) is 0 Å². The van der Waals surface area contributed by atoms with Crippen molar-refractivity contribution < 1.29 is 9.53 Å². The van der Waals surface area contributed by atoms with Crippen LogP contribution in [0.3, 0.4) is 0 Å². The molecule has 0 saturated carbocycles. The monoisotopic (exact) mass is 332 g/mol. The minimum atomic E-state index is -0.540. The third-order valence-corrected chi connectivity index (χ3v) is 3.71. The van der Waals surface area contributed by atoms with Crippen LogP contribution >= 0.6 is 15.9 Å². The third-order valence-electron chi connectivity index (χ3n) is 3.22. The second-order valence-electron chi connectivity index (χ2n) is 4.56. The molecule has 102 valence electrons. The summed E-state index contributed by atoms with van der Waals surface area (Å²) in [5.41, 5.74) is 2.38. The van der Waals surface area contributed by atoms with Gasteiger partial charge in [0.15, 0.2) is 0 Å². The quantitative estimate of drug-likeness (QED) is 0.918. The van der Waals surface area contributed by atoms with Crippen molar-refractivity contribution >= 4 is 21.8 Å². The largest absolute Gasteiger partial charge is 0.464 e. The minimum Gasteiger partial charge on any atom is -0.464 e. The van der Waals surface area contributed by atoms with Crippen molar-refractivity contribution in [2.45, 2.75) is 19.6 Å². The summed E-state index contributed by atoms with van der Waals surface area (Å²) >= 11 is 3.35. The molecule has 3 rings (SSSR count). The normalized spacial score (nSPS) is 17.1. The van der Waals surface area contributed by atoms with Gasteiger partial charge in [-0.1, -0.05) is 28.9 Å². The highest BCUT2D eigenvalue weighted by Gasteiger charge is 2.27. The van der Waals surface area contributed by atoms with E-state index in [4.69, 9.17) is 4.74 Å². The summed E-state index contributed by atoms with van der Waals surface area (Å²) in [7, 11) is 0. The van der Waals surface area contributed by atoms with Gasteiger partial charge in [-0.05, 0) is 36.2 Å². The number of carbonyl (C=O) groups is 1. The first-order chi connectivity index (χ1) is 9.67. The van der Waals surface area contributed by atoms with Gasteiger partial charge in [0, 0.05) is 10.7 Å². The number of aromatic nitrogens is 1. The Kier molecular flexibility index (Phi) is 3.44. The minimum absolute atomic E-state index is 0.154. The first kappa shape index (κ1) is 13.1. The zero-order valence-electron chi connectivity index (χ0n) is 10.9. The molecule has 0 radical (unpaired) electrons. The maximum Gasteiger partial charge on any atom is 0.258 e. The van der Waals surface area contributed by atoms with Gasteiger partial charge in [-0.3, -0.25) is 9.78 Å². The topological polar surface area (TPSA) is 51.2 Å². The van der Waals surface area contributed by atoms with Crippen molar-refractivity contribution in [2.24, 2.45) is 0 Å². The average Bonchev–Trinajstić information content (AvgIpc) is 2.48. The van der Waals surface area contributed by atoms with E-state index in [9.17, 15) is 4.79 Å². The summed E-state index contributed by atoms with van der Waals surface area (Å²) in [5.74, 6) is 0.419. The maximum absolute atomic E-state index is 12.1. The summed E-state index contributed by atoms with van der Waals surface area (Å²) in [5, 5.41) is 2.81. The molecule has 0 aliphatic carbocycles. The second kappa shape index (κ2) is 5.25. The van der Waals surface area contributed by atoms with Gasteiger partial charge in [0.1, 0.15) is 11.4 Å². The van der Waals surface area contributed by atoms with E-state index in [1.54, 1.807) is 12.1 Å². The number of rotatable bonds is 2. The van der Waals surface area contributed by atoms with Crippen LogP contribution in [0.2, 0.25) is 0 Å². The zero-order chi connectivity index (χ0) is 14.1. The Labute approximate surface area is 125 Å². The molecule has 0 saturated heterocycles. The summed E-state index contributed by atoms with van der Waals surface area (Å²) < 4.78 is 6.65. The van der Waals surface area contributed by atoms with E-state index in [-0.39, 0.29) is 5.91 Å². The van der Waals surface area contributed by atoms with Crippen LogP contribution in [-0.4, -0.2) is 10.9 Å². The molecule has 0 fully saturated rings. The van der Waals surface area contributed by atoms with Crippen LogP contribution in [0.15, 0.2) is 41.0 Å². The van der Waals surface area contributed by atoms with E-state index >= 15 is 0 Å². The number of hydrogen-bond acceptors (Lipinski definition) is 3. The first-order valence-corrected chi connectivity index (χ1v) is 7.18. The molecule has 2 aromatic rings. The van der Waals surface area contributed by atoms with Gasteiger partial charge < -0.3 is 10.1 Å². The molecule has 2 heterocycles. The number of fused-ring (bicyclic) bond motifs is 1. The highest BCUT2D eigenvalue weighted by Crippen LogP contribution is 2.30. The number of nitrogens with zero attached hydrogens (tertiary/aromatic N) is 1. The Hall–Kier alpha value is -1.88. The van der Waals surface area contributed by atoms with Crippen molar-refractivity contribution in [3.05, 3.63) is 57.8 Å². The van der Waals surface area contributed by atoms with E-state index in [0.29, 0.717) is 17.0 Å². The Bertz CT molecular complexity index is 655. The van der Waals surface area contributed by atoms with Crippen molar-refractivity contribution in [3.63, 3.8) is 0 Å². The van der Waals surface area contributed by atoms with Crippen molar-refractivity contribution in [2.75, 3.05) is 0 Å². The Morgan fingerprint density at radius 2 is 2.20 bits per heavy atom. The van der Waals surface area contributed by atoms with Crippen molar-refractivity contribution in [1.29, 1.82) is 0 Å². The van der Waals surface area contributed by atoms with E-state index < -0.39 is 6.23 Å². The van der Waals surface area contributed by atoms with Gasteiger partial charge in [0.05, 0.1) is 5.56 Å². The summed E-state index contributed by atoms with van der Waals surface area (Å²) in [6, 6.07) is 9.25. The lowest BCUT2D eigenvalue weighted by Crippen LogP contribution is -2.37. The fourth-order valence-electron chi connectivity index (χ4n) is 2.07. The molecule has 1 aliphatic rings. The first-order valence-electron chi connectivity index (χ1n) is 6.39. The molecule has 1 unspecified atom stereocenters. The van der Waals surface area contributed by atoms with Gasteiger partial charge in [0.2, 0.25) is 6.23 Å². The van der Waals surface area contributed by atoms with Crippen molar-refractivity contribution in [1.82, 2.24) is 10.3 Å². The van der Waals surface area contributed by atoms with Gasteiger partial charge in [-0.15, -0.1) is 0 Å². The SMILES string of the molecule is CCc1ccc(C2NC(=O)c3cc(Br)ccc3O2)nc1. The molecule has 1 aromatic carbocycles. The van der Waals surface area contributed by atoms with E-state index in [1.807, 2.05) is 24.4 Å². The van der Waals surface area contributed by atoms with Crippen LogP contribution in [0.4, 0.5) is 0 Å². The van der Waals surface area contributed by atoms with Crippen LogP contribution in [0.1, 0.15) is 34.8 Å². The lowest BCUT2D eigenvalue weighted by atomic mass is 10.1. The van der Waals surface area contributed by atoms with E-state index in [0.717, 1.165) is 16.5 Å². The Balaban J connectivity index is 1.90. The number of ether oxygens (including phenoxy) is 1. The Morgan fingerprint density at radius 3 is 2.90 bits per heavy atom. The fourth-order valence-corrected chi connectivity index (χ4v) is 2.43. The molecular formula is C15H13BrN2O2. The van der Waals surface area contributed by atoms with Crippen LogP contribution in [0.5, 0.6) is 5.75 Å². The third kappa shape index (κ3) is 2.41. The molecule has 4 nitrogen and oxygen atoms in total. The van der Waals surface area contributed by atoms with Crippen LogP contribution in [0.25, 0.3) is 0 Å². The highest BCUT2D eigenvalue weighted by atomic mass is 79.9. The lowest BCUT2D eigenvalue weighted by molar-refractivity contribution is 0.0748. The molecule has 0 bridgehead atoms.